The van der Waals surface area contributed by atoms with E-state index in [-0.39, 0.29) is 10.5 Å². The number of rotatable bonds is 6. The molecule has 0 bridgehead atoms. The van der Waals surface area contributed by atoms with Crippen molar-refractivity contribution in [3.63, 3.8) is 0 Å². The zero-order valence-electron chi connectivity index (χ0n) is 11.2. The minimum absolute atomic E-state index is 0.0209. The van der Waals surface area contributed by atoms with Crippen LogP contribution in [0.3, 0.4) is 0 Å². The van der Waals surface area contributed by atoms with Crippen molar-refractivity contribution in [1.82, 2.24) is 9.62 Å². The molecule has 0 atom stereocenters. The maximum atomic E-state index is 13.2. The van der Waals surface area contributed by atoms with Crippen LogP contribution in [0.2, 0.25) is 0 Å². The van der Waals surface area contributed by atoms with E-state index in [1.807, 2.05) is 0 Å². The summed E-state index contributed by atoms with van der Waals surface area (Å²) in [6, 6.07) is 3.42. The third-order valence-electron chi connectivity index (χ3n) is 3.42. The topological polar surface area (TPSA) is 69.6 Å². The van der Waals surface area contributed by atoms with Gasteiger partial charge < -0.3 is 10.0 Å². The Kier molecular flexibility index (Phi) is 5.09. The molecule has 0 spiro atoms. The van der Waals surface area contributed by atoms with Crippen molar-refractivity contribution in [2.45, 2.75) is 24.3 Å². The zero-order chi connectivity index (χ0) is 14.6. The van der Waals surface area contributed by atoms with Gasteiger partial charge in [0.15, 0.2) is 0 Å². The molecule has 1 fully saturated rings. The molecular weight excluding hydrogens is 283 g/mol. The SMILES string of the molecule is O=S(=O)(NCCN1CCCC1)c1ccc(F)c(CO)c1. The van der Waals surface area contributed by atoms with E-state index in [1.165, 1.54) is 6.07 Å². The summed E-state index contributed by atoms with van der Waals surface area (Å²) in [4.78, 5) is 2.18. The fraction of sp³-hybridized carbons (Fsp3) is 0.538. The first-order valence-corrected chi connectivity index (χ1v) is 8.12. The molecule has 5 nitrogen and oxygen atoms in total. The van der Waals surface area contributed by atoms with Crippen molar-refractivity contribution in [1.29, 1.82) is 0 Å². The van der Waals surface area contributed by atoms with Crippen molar-refractivity contribution in [2.75, 3.05) is 26.2 Å². The highest BCUT2D eigenvalue weighted by Gasteiger charge is 2.17. The van der Waals surface area contributed by atoms with Crippen LogP contribution >= 0.6 is 0 Å². The quantitative estimate of drug-likeness (QED) is 0.811. The molecule has 1 aromatic carbocycles. The predicted molar refractivity (Wildman–Crippen MR) is 73.2 cm³/mol. The van der Waals surface area contributed by atoms with Crippen LogP contribution < -0.4 is 4.72 Å². The first-order valence-electron chi connectivity index (χ1n) is 6.64. The smallest absolute Gasteiger partial charge is 0.240 e. The summed E-state index contributed by atoms with van der Waals surface area (Å²) < 4.78 is 39.8. The summed E-state index contributed by atoms with van der Waals surface area (Å²) in [7, 11) is -3.66. The Morgan fingerprint density at radius 2 is 2.00 bits per heavy atom. The standard InChI is InChI=1S/C13H19FN2O3S/c14-13-4-3-12(9-11(13)10-17)20(18,19)15-5-8-16-6-1-2-7-16/h3-4,9,15,17H,1-2,5-8,10H2. The summed E-state index contributed by atoms with van der Waals surface area (Å²) in [6.45, 7) is 2.49. The lowest BCUT2D eigenvalue weighted by Gasteiger charge is -2.15. The van der Waals surface area contributed by atoms with Crippen molar-refractivity contribution in [2.24, 2.45) is 0 Å². The van der Waals surface area contributed by atoms with E-state index < -0.39 is 22.4 Å². The number of aliphatic hydroxyl groups is 1. The number of halogens is 1. The average molecular weight is 302 g/mol. The minimum Gasteiger partial charge on any atom is -0.392 e. The fourth-order valence-corrected chi connectivity index (χ4v) is 3.34. The number of benzene rings is 1. The molecule has 0 aliphatic carbocycles. The molecule has 0 unspecified atom stereocenters. The van der Waals surface area contributed by atoms with Gasteiger partial charge in [-0.15, -0.1) is 0 Å². The van der Waals surface area contributed by atoms with Crippen LogP contribution in [0.1, 0.15) is 18.4 Å². The van der Waals surface area contributed by atoms with Crippen LogP contribution in [-0.4, -0.2) is 44.6 Å². The molecule has 0 radical (unpaired) electrons. The number of nitrogens with zero attached hydrogens (tertiary/aromatic N) is 1. The molecule has 1 aliphatic heterocycles. The number of hydrogen-bond donors (Lipinski definition) is 2. The van der Waals surface area contributed by atoms with Crippen molar-refractivity contribution < 1.29 is 17.9 Å². The third-order valence-corrected chi connectivity index (χ3v) is 4.88. The van der Waals surface area contributed by atoms with E-state index in [9.17, 15) is 12.8 Å². The number of sulfonamides is 1. The summed E-state index contributed by atoms with van der Waals surface area (Å²) in [5.74, 6) is -0.608. The van der Waals surface area contributed by atoms with E-state index in [4.69, 9.17) is 5.11 Å². The maximum Gasteiger partial charge on any atom is 0.240 e. The lowest BCUT2D eigenvalue weighted by molar-refractivity contribution is 0.275. The maximum absolute atomic E-state index is 13.2. The lowest BCUT2D eigenvalue weighted by Crippen LogP contribution is -2.33. The van der Waals surface area contributed by atoms with Crippen LogP contribution in [0.4, 0.5) is 4.39 Å². The number of nitrogens with one attached hydrogen (secondary N) is 1. The molecule has 1 aromatic rings. The second-order valence-electron chi connectivity index (χ2n) is 4.86. The number of aliphatic hydroxyl groups excluding tert-OH is 1. The fourth-order valence-electron chi connectivity index (χ4n) is 2.27. The van der Waals surface area contributed by atoms with Crippen LogP contribution in [-0.2, 0) is 16.6 Å². The van der Waals surface area contributed by atoms with E-state index in [1.54, 1.807) is 0 Å². The molecule has 1 saturated heterocycles. The van der Waals surface area contributed by atoms with E-state index in [0.29, 0.717) is 13.1 Å². The van der Waals surface area contributed by atoms with Crippen LogP contribution in [0.15, 0.2) is 23.1 Å². The number of hydrogen-bond acceptors (Lipinski definition) is 4. The average Bonchev–Trinajstić information content (AvgIpc) is 2.92. The summed E-state index contributed by atoms with van der Waals surface area (Å²) in [5.41, 5.74) is -0.0209. The van der Waals surface area contributed by atoms with Gasteiger partial charge in [0.2, 0.25) is 10.0 Å². The highest BCUT2D eigenvalue weighted by atomic mass is 32.2. The first-order chi connectivity index (χ1) is 9.53. The molecule has 20 heavy (non-hydrogen) atoms. The van der Waals surface area contributed by atoms with Crippen molar-refractivity contribution in [3.05, 3.63) is 29.6 Å². The molecule has 2 N–H and O–H groups in total. The predicted octanol–water partition coefficient (Wildman–Crippen LogP) is 0.692. The van der Waals surface area contributed by atoms with Gasteiger partial charge >= 0.3 is 0 Å². The second-order valence-corrected chi connectivity index (χ2v) is 6.62. The van der Waals surface area contributed by atoms with Gasteiger partial charge in [0.25, 0.3) is 0 Å². The largest absolute Gasteiger partial charge is 0.392 e. The molecule has 1 aliphatic rings. The Hall–Kier alpha value is -1.02. The first kappa shape index (κ1) is 15.4. The molecular formula is C13H19FN2O3S. The van der Waals surface area contributed by atoms with Gasteiger partial charge in [-0.1, -0.05) is 0 Å². The van der Waals surface area contributed by atoms with Crippen LogP contribution in [0.5, 0.6) is 0 Å². The van der Waals surface area contributed by atoms with Crippen molar-refractivity contribution >= 4 is 10.0 Å². The van der Waals surface area contributed by atoms with Gasteiger partial charge in [0.1, 0.15) is 5.82 Å². The van der Waals surface area contributed by atoms with Gasteiger partial charge in [-0.25, -0.2) is 17.5 Å². The van der Waals surface area contributed by atoms with E-state index in [0.717, 1.165) is 38.1 Å². The zero-order valence-corrected chi connectivity index (χ0v) is 12.0. The van der Waals surface area contributed by atoms with Gasteiger partial charge in [-0.05, 0) is 44.1 Å². The second kappa shape index (κ2) is 6.62. The Morgan fingerprint density at radius 1 is 1.30 bits per heavy atom. The normalized spacial score (nSPS) is 16.7. The highest BCUT2D eigenvalue weighted by Crippen LogP contribution is 2.15. The molecule has 0 aromatic heterocycles. The molecule has 1 heterocycles. The van der Waals surface area contributed by atoms with Gasteiger partial charge in [-0.3, -0.25) is 0 Å². The van der Waals surface area contributed by atoms with Crippen molar-refractivity contribution in [3.8, 4) is 0 Å². The molecule has 2 rings (SSSR count). The minimum atomic E-state index is -3.66. The summed E-state index contributed by atoms with van der Waals surface area (Å²) in [5, 5.41) is 8.97. The Bertz CT molecular complexity index is 557. The lowest BCUT2D eigenvalue weighted by atomic mass is 10.2. The Morgan fingerprint density at radius 3 is 2.65 bits per heavy atom. The Balaban J connectivity index is 1.98. The molecule has 0 saturated carbocycles. The van der Waals surface area contributed by atoms with Gasteiger partial charge in [0, 0.05) is 18.7 Å². The Labute approximate surface area is 118 Å². The summed E-state index contributed by atoms with van der Waals surface area (Å²) >= 11 is 0. The summed E-state index contributed by atoms with van der Waals surface area (Å²) in [6.07, 6.45) is 2.31. The van der Waals surface area contributed by atoms with Gasteiger partial charge in [0.05, 0.1) is 11.5 Å². The number of likely N-dealkylation sites (tertiary alicyclic amines) is 1. The third kappa shape index (κ3) is 3.76. The van der Waals surface area contributed by atoms with E-state index >= 15 is 0 Å². The van der Waals surface area contributed by atoms with E-state index in [2.05, 4.69) is 9.62 Å². The highest BCUT2D eigenvalue weighted by molar-refractivity contribution is 7.89. The van der Waals surface area contributed by atoms with Crippen LogP contribution in [0.25, 0.3) is 0 Å². The van der Waals surface area contributed by atoms with Gasteiger partial charge in [-0.2, -0.15) is 0 Å². The monoisotopic (exact) mass is 302 g/mol. The molecule has 0 amide bonds. The van der Waals surface area contributed by atoms with Crippen LogP contribution in [0, 0.1) is 5.82 Å². The molecule has 112 valence electrons. The molecule has 7 heteroatoms.